The number of ether oxygens (including phenoxy) is 1. The fourth-order valence-corrected chi connectivity index (χ4v) is 2.16. The molecular weight excluding hydrogens is 278 g/mol. The number of carbonyl (C=O) groups is 1. The van der Waals surface area contributed by atoms with Crippen LogP contribution in [-0.4, -0.2) is 22.9 Å². The lowest BCUT2D eigenvalue weighted by Gasteiger charge is -2.09. The smallest absolute Gasteiger partial charge is 0.337 e. The Balaban J connectivity index is 1.84. The molecule has 0 bridgehead atoms. The quantitative estimate of drug-likeness (QED) is 0.749. The number of rotatable bonds is 4. The van der Waals surface area contributed by atoms with Crippen LogP contribution in [0.2, 0.25) is 0 Å². The van der Waals surface area contributed by atoms with Crippen LogP contribution in [-0.2, 0) is 4.74 Å². The van der Waals surface area contributed by atoms with Crippen molar-refractivity contribution in [1.82, 2.24) is 9.78 Å². The third-order valence-corrected chi connectivity index (χ3v) is 3.19. The molecule has 0 aliphatic carbocycles. The molecule has 0 saturated carbocycles. The van der Waals surface area contributed by atoms with E-state index in [1.807, 2.05) is 48.7 Å². The van der Waals surface area contributed by atoms with Gasteiger partial charge in [0.25, 0.3) is 0 Å². The molecule has 1 heterocycles. The second kappa shape index (κ2) is 6.13. The van der Waals surface area contributed by atoms with Gasteiger partial charge in [-0.3, -0.25) is 0 Å². The van der Waals surface area contributed by atoms with E-state index >= 15 is 0 Å². The number of benzene rings is 2. The Morgan fingerprint density at radius 2 is 1.86 bits per heavy atom. The van der Waals surface area contributed by atoms with Gasteiger partial charge in [-0.05, 0) is 42.5 Å². The molecule has 1 aromatic heterocycles. The highest BCUT2D eigenvalue weighted by atomic mass is 16.5. The van der Waals surface area contributed by atoms with Crippen LogP contribution < -0.4 is 5.32 Å². The topological polar surface area (TPSA) is 56.1 Å². The number of carbonyl (C=O) groups excluding carboxylic acids is 1. The average Bonchev–Trinajstić information content (AvgIpc) is 3.09. The Bertz CT molecular complexity index is 782. The van der Waals surface area contributed by atoms with Crippen LogP contribution in [0.5, 0.6) is 0 Å². The normalized spacial score (nSPS) is 10.2. The molecule has 0 radical (unpaired) electrons. The minimum atomic E-state index is -0.353. The number of anilines is 2. The zero-order valence-electron chi connectivity index (χ0n) is 12.1. The molecule has 110 valence electrons. The first-order chi connectivity index (χ1) is 10.8. The van der Waals surface area contributed by atoms with E-state index in [2.05, 4.69) is 10.4 Å². The second-order valence-electron chi connectivity index (χ2n) is 4.70. The highest BCUT2D eigenvalue weighted by Crippen LogP contribution is 2.20. The summed E-state index contributed by atoms with van der Waals surface area (Å²) in [6, 6.07) is 16.9. The number of nitrogens with zero attached hydrogens (tertiary/aromatic N) is 2. The fourth-order valence-electron chi connectivity index (χ4n) is 2.16. The van der Waals surface area contributed by atoms with Crippen LogP contribution in [0.1, 0.15) is 10.4 Å². The maximum absolute atomic E-state index is 11.6. The minimum Gasteiger partial charge on any atom is -0.465 e. The molecule has 0 saturated heterocycles. The van der Waals surface area contributed by atoms with Crippen LogP contribution in [0.15, 0.2) is 67.0 Å². The van der Waals surface area contributed by atoms with Crippen molar-refractivity contribution in [3.63, 3.8) is 0 Å². The van der Waals surface area contributed by atoms with Crippen molar-refractivity contribution >= 4 is 17.3 Å². The summed E-state index contributed by atoms with van der Waals surface area (Å²) >= 11 is 0. The Hall–Kier alpha value is -3.08. The van der Waals surface area contributed by atoms with E-state index in [1.165, 1.54) is 7.11 Å². The monoisotopic (exact) mass is 293 g/mol. The summed E-state index contributed by atoms with van der Waals surface area (Å²) in [5, 5.41) is 7.49. The summed E-state index contributed by atoms with van der Waals surface area (Å²) < 4.78 is 6.52. The molecular formula is C17H15N3O2. The van der Waals surface area contributed by atoms with E-state index in [-0.39, 0.29) is 5.97 Å². The van der Waals surface area contributed by atoms with Crippen LogP contribution in [0, 0.1) is 0 Å². The first-order valence-corrected chi connectivity index (χ1v) is 6.82. The number of aromatic nitrogens is 2. The summed E-state index contributed by atoms with van der Waals surface area (Å²) in [5.41, 5.74) is 3.20. The molecule has 5 heteroatoms. The number of nitrogens with one attached hydrogen (secondary N) is 1. The third-order valence-electron chi connectivity index (χ3n) is 3.19. The van der Waals surface area contributed by atoms with Gasteiger partial charge in [0.2, 0.25) is 0 Å². The second-order valence-corrected chi connectivity index (χ2v) is 4.70. The van der Waals surface area contributed by atoms with Gasteiger partial charge in [0.05, 0.1) is 18.4 Å². The summed E-state index contributed by atoms with van der Waals surface area (Å²) in [6.45, 7) is 0. The number of hydrogen-bond donors (Lipinski definition) is 1. The van der Waals surface area contributed by atoms with Gasteiger partial charge in [-0.2, -0.15) is 5.10 Å². The van der Waals surface area contributed by atoms with E-state index in [9.17, 15) is 4.79 Å². The molecule has 3 aromatic rings. The van der Waals surface area contributed by atoms with Gasteiger partial charge in [-0.25, -0.2) is 9.48 Å². The third kappa shape index (κ3) is 2.98. The SMILES string of the molecule is COC(=O)c1cccc(Nc2cccc(-n3cccn3)c2)c1. The predicted octanol–water partition coefficient (Wildman–Crippen LogP) is 3.40. The van der Waals surface area contributed by atoms with Crippen molar-refractivity contribution in [3.05, 3.63) is 72.6 Å². The molecule has 0 aliphatic heterocycles. The van der Waals surface area contributed by atoms with Crippen molar-refractivity contribution < 1.29 is 9.53 Å². The lowest BCUT2D eigenvalue weighted by Crippen LogP contribution is -2.02. The zero-order valence-corrected chi connectivity index (χ0v) is 12.1. The lowest BCUT2D eigenvalue weighted by atomic mass is 10.2. The summed E-state index contributed by atoms with van der Waals surface area (Å²) in [4.78, 5) is 11.6. The van der Waals surface area contributed by atoms with Crippen LogP contribution in [0.4, 0.5) is 11.4 Å². The lowest BCUT2D eigenvalue weighted by molar-refractivity contribution is 0.0601. The summed E-state index contributed by atoms with van der Waals surface area (Å²) in [6.07, 6.45) is 3.62. The Labute approximate surface area is 128 Å². The molecule has 0 aliphatic rings. The van der Waals surface area contributed by atoms with Gasteiger partial charge in [0.15, 0.2) is 0 Å². The Kier molecular flexibility index (Phi) is 3.87. The van der Waals surface area contributed by atoms with E-state index in [0.29, 0.717) is 5.56 Å². The molecule has 0 fully saturated rings. The first kappa shape index (κ1) is 13.9. The molecule has 0 atom stereocenters. The fraction of sp³-hybridized carbons (Fsp3) is 0.0588. The molecule has 0 unspecified atom stereocenters. The van der Waals surface area contributed by atoms with Crippen LogP contribution >= 0.6 is 0 Å². The van der Waals surface area contributed by atoms with E-state index in [4.69, 9.17) is 4.74 Å². The molecule has 5 nitrogen and oxygen atoms in total. The van der Waals surface area contributed by atoms with Crippen molar-refractivity contribution in [2.45, 2.75) is 0 Å². The molecule has 22 heavy (non-hydrogen) atoms. The molecule has 2 aromatic carbocycles. The Morgan fingerprint density at radius 1 is 1.09 bits per heavy atom. The number of hydrogen-bond acceptors (Lipinski definition) is 4. The van der Waals surface area contributed by atoms with E-state index in [1.54, 1.807) is 23.0 Å². The van der Waals surface area contributed by atoms with E-state index < -0.39 is 0 Å². The van der Waals surface area contributed by atoms with Gasteiger partial charge in [-0.15, -0.1) is 0 Å². The Morgan fingerprint density at radius 3 is 2.59 bits per heavy atom. The summed E-state index contributed by atoms with van der Waals surface area (Å²) in [5.74, 6) is -0.353. The van der Waals surface area contributed by atoms with Crippen molar-refractivity contribution in [2.24, 2.45) is 0 Å². The first-order valence-electron chi connectivity index (χ1n) is 6.82. The largest absolute Gasteiger partial charge is 0.465 e. The van der Waals surface area contributed by atoms with Gasteiger partial charge in [0.1, 0.15) is 0 Å². The predicted molar refractivity (Wildman–Crippen MR) is 84.6 cm³/mol. The zero-order chi connectivity index (χ0) is 15.4. The highest BCUT2D eigenvalue weighted by molar-refractivity contribution is 5.90. The highest BCUT2D eigenvalue weighted by Gasteiger charge is 2.06. The van der Waals surface area contributed by atoms with Gasteiger partial charge in [0, 0.05) is 23.8 Å². The molecule has 3 rings (SSSR count). The van der Waals surface area contributed by atoms with Gasteiger partial charge in [-0.1, -0.05) is 12.1 Å². The minimum absolute atomic E-state index is 0.353. The average molecular weight is 293 g/mol. The maximum Gasteiger partial charge on any atom is 0.337 e. The van der Waals surface area contributed by atoms with Gasteiger partial charge < -0.3 is 10.1 Å². The van der Waals surface area contributed by atoms with Crippen molar-refractivity contribution in [1.29, 1.82) is 0 Å². The number of methoxy groups -OCH3 is 1. The summed E-state index contributed by atoms with van der Waals surface area (Å²) in [7, 11) is 1.37. The van der Waals surface area contributed by atoms with Crippen molar-refractivity contribution in [2.75, 3.05) is 12.4 Å². The molecule has 0 spiro atoms. The van der Waals surface area contributed by atoms with E-state index in [0.717, 1.165) is 17.1 Å². The van der Waals surface area contributed by atoms with Gasteiger partial charge >= 0.3 is 5.97 Å². The standard InChI is InChI=1S/C17H15N3O2/c1-22-17(21)13-5-2-6-14(11-13)19-15-7-3-8-16(12-15)20-10-4-9-18-20/h2-12,19H,1H3. The molecule has 1 N–H and O–H groups in total. The maximum atomic E-state index is 11.6. The van der Waals surface area contributed by atoms with Crippen molar-refractivity contribution in [3.8, 4) is 5.69 Å². The van der Waals surface area contributed by atoms with Crippen LogP contribution in [0.3, 0.4) is 0 Å². The number of esters is 1. The van der Waals surface area contributed by atoms with Crippen LogP contribution in [0.25, 0.3) is 5.69 Å². The molecule has 0 amide bonds.